The summed E-state index contributed by atoms with van der Waals surface area (Å²) < 4.78 is 5.77. The zero-order valence-corrected chi connectivity index (χ0v) is 22.6. The number of carbonyl (C=O) groups is 2. The van der Waals surface area contributed by atoms with Gasteiger partial charge in [-0.05, 0) is 69.9 Å². The number of nitrogens with zero attached hydrogens (tertiary/aromatic N) is 2. The molecule has 1 aromatic carbocycles. The van der Waals surface area contributed by atoms with Crippen molar-refractivity contribution in [3.05, 3.63) is 76.6 Å². The third kappa shape index (κ3) is 6.07. The number of hydrogen-bond acceptors (Lipinski definition) is 4. The summed E-state index contributed by atoms with van der Waals surface area (Å²) in [6.07, 6.45) is 4.76. The Morgan fingerprint density at radius 3 is 2.54 bits per heavy atom. The van der Waals surface area contributed by atoms with Crippen molar-refractivity contribution < 1.29 is 14.3 Å². The molecule has 0 N–H and O–H groups in total. The highest BCUT2D eigenvalue weighted by Crippen LogP contribution is 2.52. The molecule has 2 heterocycles. The number of carbonyl (C=O) groups excluding carboxylic acids is 2. The Morgan fingerprint density at radius 2 is 2.00 bits per heavy atom. The van der Waals surface area contributed by atoms with Gasteiger partial charge < -0.3 is 9.64 Å². The molecule has 2 aromatic rings. The van der Waals surface area contributed by atoms with E-state index in [2.05, 4.69) is 11.6 Å². The van der Waals surface area contributed by atoms with Gasteiger partial charge >= 0.3 is 5.97 Å². The minimum atomic E-state index is -0.782. The largest absolute Gasteiger partial charge is 0.458 e. The first-order valence-electron chi connectivity index (χ1n) is 11.9. The van der Waals surface area contributed by atoms with Gasteiger partial charge in [-0.2, -0.15) is 0 Å². The van der Waals surface area contributed by atoms with Crippen molar-refractivity contribution in [2.75, 3.05) is 0 Å². The van der Waals surface area contributed by atoms with Crippen LogP contribution in [0.1, 0.15) is 77.1 Å². The van der Waals surface area contributed by atoms with Crippen LogP contribution in [0.5, 0.6) is 0 Å². The van der Waals surface area contributed by atoms with E-state index in [1.54, 1.807) is 23.2 Å². The minimum absolute atomic E-state index is 0.116. The van der Waals surface area contributed by atoms with Crippen LogP contribution in [0.3, 0.4) is 0 Å². The fraction of sp³-hybridized carbons (Fsp3) is 0.464. The van der Waals surface area contributed by atoms with Gasteiger partial charge in [-0.25, -0.2) is 4.79 Å². The number of hydrogen-bond donors (Lipinski definition) is 0. The van der Waals surface area contributed by atoms with E-state index < -0.39 is 29.1 Å². The molecule has 5 nitrogen and oxygen atoms in total. The summed E-state index contributed by atoms with van der Waals surface area (Å²) in [7, 11) is 0. The Labute approximate surface area is 218 Å². The number of halogens is 2. The van der Waals surface area contributed by atoms with Crippen molar-refractivity contribution in [3.63, 3.8) is 0 Å². The minimum Gasteiger partial charge on any atom is -0.458 e. The van der Waals surface area contributed by atoms with E-state index >= 15 is 0 Å². The van der Waals surface area contributed by atoms with Gasteiger partial charge in [-0.15, -0.1) is 6.58 Å². The summed E-state index contributed by atoms with van der Waals surface area (Å²) in [5.74, 6) is -0.711. The van der Waals surface area contributed by atoms with Crippen LogP contribution in [-0.2, 0) is 14.3 Å². The first-order valence-corrected chi connectivity index (χ1v) is 12.7. The maximum absolute atomic E-state index is 14.2. The van der Waals surface area contributed by atoms with Crippen LogP contribution in [0.15, 0.2) is 55.3 Å². The molecule has 1 aromatic heterocycles. The van der Waals surface area contributed by atoms with Crippen LogP contribution in [0.2, 0.25) is 10.0 Å². The van der Waals surface area contributed by atoms with Gasteiger partial charge in [0.2, 0.25) is 5.91 Å². The third-order valence-electron chi connectivity index (χ3n) is 6.43. The molecule has 3 rings (SSSR count). The van der Waals surface area contributed by atoms with Crippen LogP contribution >= 0.6 is 23.2 Å². The standard InChI is InChI=1S/C28H34Cl2N2O3/c1-7-14-28(6)16-21(18-10-9-11-19(29)15-18)24(22-13-12-20(30)17-31-22)32(26(28)34)23(8-2)25(33)35-27(3,4)5/h7,9-13,15,17,21,23-24H,1,8,14,16H2,2-6H3. The van der Waals surface area contributed by atoms with E-state index in [0.717, 1.165) is 5.56 Å². The maximum Gasteiger partial charge on any atom is 0.329 e. The molecule has 1 aliphatic rings. The highest BCUT2D eigenvalue weighted by molar-refractivity contribution is 6.30. The first kappa shape index (κ1) is 27.2. The highest BCUT2D eigenvalue weighted by atomic mass is 35.5. The van der Waals surface area contributed by atoms with Crippen molar-refractivity contribution in [3.8, 4) is 0 Å². The smallest absolute Gasteiger partial charge is 0.329 e. The monoisotopic (exact) mass is 516 g/mol. The first-order chi connectivity index (χ1) is 16.4. The molecule has 0 bridgehead atoms. The summed E-state index contributed by atoms with van der Waals surface area (Å²) >= 11 is 12.5. The zero-order valence-electron chi connectivity index (χ0n) is 21.1. The van der Waals surface area contributed by atoms with E-state index in [9.17, 15) is 9.59 Å². The van der Waals surface area contributed by atoms with Gasteiger partial charge in [0.1, 0.15) is 11.6 Å². The maximum atomic E-state index is 14.2. The predicted molar refractivity (Wildman–Crippen MR) is 140 cm³/mol. The molecule has 4 atom stereocenters. The molecule has 0 aliphatic carbocycles. The van der Waals surface area contributed by atoms with E-state index in [0.29, 0.717) is 35.0 Å². The fourth-order valence-corrected chi connectivity index (χ4v) is 5.25. The highest BCUT2D eigenvalue weighted by Gasteiger charge is 2.53. The number of esters is 1. The van der Waals surface area contributed by atoms with E-state index in [1.165, 1.54) is 0 Å². The van der Waals surface area contributed by atoms with Crippen molar-refractivity contribution in [1.82, 2.24) is 9.88 Å². The summed E-state index contributed by atoms with van der Waals surface area (Å²) in [6, 6.07) is 9.95. The summed E-state index contributed by atoms with van der Waals surface area (Å²) in [4.78, 5) is 33.9. The summed E-state index contributed by atoms with van der Waals surface area (Å²) in [6.45, 7) is 13.2. The molecule has 0 saturated carbocycles. The van der Waals surface area contributed by atoms with Gasteiger partial charge in [0.25, 0.3) is 0 Å². The molecule has 1 aliphatic heterocycles. The lowest BCUT2D eigenvalue weighted by Gasteiger charge is -2.51. The molecule has 0 spiro atoms. The molecular weight excluding hydrogens is 483 g/mol. The number of amides is 1. The van der Waals surface area contributed by atoms with Crippen LogP contribution in [0.4, 0.5) is 0 Å². The van der Waals surface area contributed by atoms with Crippen molar-refractivity contribution in [2.45, 2.75) is 77.5 Å². The summed E-state index contributed by atoms with van der Waals surface area (Å²) in [5.41, 5.74) is 0.197. The second-order valence-corrected chi connectivity index (χ2v) is 11.3. The van der Waals surface area contributed by atoms with Gasteiger partial charge in [-0.3, -0.25) is 9.78 Å². The Morgan fingerprint density at radius 1 is 1.29 bits per heavy atom. The average molecular weight is 517 g/mol. The predicted octanol–water partition coefficient (Wildman–Crippen LogP) is 7.15. The zero-order chi connectivity index (χ0) is 26.0. The molecule has 7 heteroatoms. The number of benzene rings is 1. The molecule has 1 amide bonds. The van der Waals surface area contributed by atoms with Gasteiger partial charge in [0.15, 0.2) is 0 Å². The number of piperidine rings is 1. The van der Waals surface area contributed by atoms with Crippen LogP contribution in [0.25, 0.3) is 0 Å². The average Bonchev–Trinajstić information content (AvgIpc) is 2.77. The molecule has 188 valence electrons. The second-order valence-electron chi connectivity index (χ2n) is 10.4. The normalized spacial score (nSPS) is 23.6. The number of allylic oxidation sites excluding steroid dienone is 1. The number of likely N-dealkylation sites (tertiary alicyclic amines) is 1. The lowest BCUT2D eigenvalue weighted by molar-refractivity contribution is -0.173. The number of pyridine rings is 1. The molecular formula is C28H34Cl2N2O3. The third-order valence-corrected chi connectivity index (χ3v) is 6.89. The fourth-order valence-electron chi connectivity index (χ4n) is 4.94. The van der Waals surface area contributed by atoms with Crippen LogP contribution < -0.4 is 0 Å². The molecule has 4 unspecified atom stereocenters. The van der Waals surface area contributed by atoms with Gasteiger partial charge in [0, 0.05) is 17.1 Å². The lowest BCUT2D eigenvalue weighted by Crippen LogP contribution is -2.58. The second kappa shape index (κ2) is 10.7. The Hall–Kier alpha value is -2.37. The molecule has 1 saturated heterocycles. The van der Waals surface area contributed by atoms with Gasteiger partial charge in [-0.1, -0.05) is 55.3 Å². The molecule has 35 heavy (non-hydrogen) atoms. The van der Waals surface area contributed by atoms with Gasteiger partial charge in [0.05, 0.1) is 22.2 Å². The number of ether oxygens (including phenoxy) is 1. The Bertz CT molecular complexity index is 1080. The van der Waals surface area contributed by atoms with Crippen molar-refractivity contribution in [2.24, 2.45) is 5.41 Å². The Kier molecular flexibility index (Phi) is 8.33. The van der Waals surface area contributed by atoms with E-state index in [-0.39, 0.29) is 11.8 Å². The van der Waals surface area contributed by atoms with Crippen LogP contribution in [0, 0.1) is 5.41 Å². The van der Waals surface area contributed by atoms with Crippen molar-refractivity contribution in [1.29, 1.82) is 0 Å². The van der Waals surface area contributed by atoms with Crippen LogP contribution in [-0.4, -0.2) is 33.4 Å². The number of rotatable bonds is 7. The molecule has 1 fully saturated rings. The Balaban J connectivity index is 2.24. The summed E-state index contributed by atoms with van der Waals surface area (Å²) in [5, 5.41) is 1.11. The lowest BCUT2D eigenvalue weighted by atomic mass is 9.67. The molecule has 0 radical (unpaired) electrons. The van der Waals surface area contributed by atoms with Crippen molar-refractivity contribution >= 4 is 35.1 Å². The topological polar surface area (TPSA) is 59.5 Å². The van der Waals surface area contributed by atoms with E-state index in [1.807, 2.05) is 65.0 Å². The SMILES string of the molecule is C=CCC1(C)CC(c2cccc(Cl)c2)C(c2ccc(Cl)cn2)N(C(CC)C(=O)OC(C)(C)C)C1=O. The van der Waals surface area contributed by atoms with E-state index in [4.69, 9.17) is 27.9 Å². The quantitative estimate of drug-likeness (QED) is 0.289. The number of aromatic nitrogens is 1.